The fourth-order valence-corrected chi connectivity index (χ4v) is 2.85. The molecular formula is C16H11N5O2S. The van der Waals surface area contributed by atoms with E-state index in [4.69, 9.17) is 4.42 Å². The number of anilines is 1. The third-order valence-corrected chi connectivity index (χ3v) is 4.31. The first-order chi connectivity index (χ1) is 11.7. The first-order valence-electron chi connectivity index (χ1n) is 7.12. The number of hydrogen-bond donors (Lipinski definition) is 1. The Balaban J connectivity index is 1.64. The summed E-state index contributed by atoms with van der Waals surface area (Å²) in [7, 11) is 0. The lowest BCUT2D eigenvalue weighted by molar-refractivity contribution is 0.102. The van der Waals surface area contributed by atoms with Crippen LogP contribution in [-0.4, -0.2) is 25.5 Å². The summed E-state index contributed by atoms with van der Waals surface area (Å²) >= 11 is 1.03. The van der Waals surface area contributed by atoms with Gasteiger partial charge in [-0.15, -0.1) is 5.10 Å². The molecule has 1 aromatic carbocycles. The van der Waals surface area contributed by atoms with Crippen molar-refractivity contribution < 1.29 is 9.21 Å². The number of amides is 1. The SMILES string of the molecule is Cc1nnsc1C(=O)Nc1nc2cc(-c3ccncc3)ccc2o1. The Morgan fingerprint density at radius 3 is 2.75 bits per heavy atom. The van der Waals surface area contributed by atoms with Crippen molar-refractivity contribution in [3.8, 4) is 11.1 Å². The molecule has 0 fully saturated rings. The number of hydrogen-bond acceptors (Lipinski definition) is 7. The normalized spacial score (nSPS) is 10.9. The Morgan fingerprint density at radius 1 is 1.17 bits per heavy atom. The lowest BCUT2D eigenvalue weighted by Gasteiger charge is -1.99. The average Bonchev–Trinajstić information content (AvgIpc) is 3.20. The summed E-state index contributed by atoms with van der Waals surface area (Å²) in [5.41, 5.74) is 3.88. The number of aromatic nitrogens is 4. The molecule has 0 aliphatic rings. The number of benzene rings is 1. The summed E-state index contributed by atoms with van der Waals surface area (Å²) in [6, 6.07) is 9.66. The molecule has 4 rings (SSSR count). The molecule has 0 saturated heterocycles. The first kappa shape index (κ1) is 14.5. The van der Waals surface area contributed by atoms with E-state index in [9.17, 15) is 4.79 Å². The molecule has 0 unspecified atom stereocenters. The second-order valence-electron chi connectivity index (χ2n) is 5.08. The molecule has 118 valence electrons. The van der Waals surface area contributed by atoms with Crippen molar-refractivity contribution in [3.63, 3.8) is 0 Å². The van der Waals surface area contributed by atoms with Crippen LogP contribution in [0.4, 0.5) is 6.01 Å². The Bertz CT molecular complexity index is 1030. The molecule has 0 aliphatic heterocycles. The van der Waals surface area contributed by atoms with Gasteiger partial charge in [-0.25, -0.2) is 0 Å². The average molecular weight is 337 g/mol. The van der Waals surface area contributed by atoms with Gasteiger partial charge in [-0.05, 0) is 53.8 Å². The quantitative estimate of drug-likeness (QED) is 0.616. The van der Waals surface area contributed by atoms with Crippen LogP contribution in [-0.2, 0) is 0 Å². The van der Waals surface area contributed by atoms with E-state index in [2.05, 4.69) is 24.9 Å². The van der Waals surface area contributed by atoms with E-state index in [1.165, 1.54) is 0 Å². The van der Waals surface area contributed by atoms with E-state index in [0.717, 1.165) is 22.7 Å². The number of carbonyl (C=O) groups is 1. The van der Waals surface area contributed by atoms with Crippen LogP contribution in [0.15, 0.2) is 47.1 Å². The van der Waals surface area contributed by atoms with Crippen molar-refractivity contribution in [1.29, 1.82) is 0 Å². The molecule has 1 N–H and O–H groups in total. The largest absolute Gasteiger partial charge is 0.423 e. The van der Waals surface area contributed by atoms with Gasteiger partial charge >= 0.3 is 6.01 Å². The van der Waals surface area contributed by atoms with E-state index in [1.807, 2.05) is 30.3 Å². The minimum atomic E-state index is -0.330. The van der Waals surface area contributed by atoms with E-state index in [0.29, 0.717) is 21.7 Å². The number of rotatable bonds is 3. The van der Waals surface area contributed by atoms with Crippen molar-refractivity contribution in [3.05, 3.63) is 53.3 Å². The zero-order valence-electron chi connectivity index (χ0n) is 12.6. The first-order valence-corrected chi connectivity index (χ1v) is 7.89. The molecular weight excluding hydrogens is 326 g/mol. The molecule has 0 bridgehead atoms. The van der Waals surface area contributed by atoms with Gasteiger partial charge in [-0.3, -0.25) is 15.1 Å². The van der Waals surface area contributed by atoms with Gasteiger partial charge in [0.05, 0.1) is 5.69 Å². The monoisotopic (exact) mass is 337 g/mol. The lowest BCUT2D eigenvalue weighted by Crippen LogP contribution is -2.11. The summed E-state index contributed by atoms with van der Waals surface area (Å²) in [5.74, 6) is -0.330. The molecule has 0 saturated carbocycles. The highest BCUT2D eigenvalue weighted by Gasteiger charge is 2.16. The van der Waals surface area contributed by atoms with Crippen molar-refractivity contribution in [2.45, 2.75) is 6.92 Å². The summed E-state index contributed by atoms with van der Waals surface area (Å²) in [6.07, 6.45) is 3.47. The van der Waals surface area contributed by atoms with Gasteiger partial charge < -0.3 is 4.42 Å². The number of oxazole rings is 1. The van der Waals surface area contributed by atoms with Crippen molar-refractivity contribution in [2.24, 2.45) is 0 Å². The molecule has 0 aliphatic carbocycles. The number of carbonyl (C=O) groups excluding carboxylic acids is 1. The Kier molecular flexibility index (Phi) is 3.51. The highest BCUT2D eigenvalue weighted by atomic mass is 32.1. The van der Waals surface area contributed by atoms with Crippen LogP contribution in [0.3, 0.4) is 0 Å². The maximum atomic E-state index is 12.2. The highest BCUT2D eigenvalue weighted by molar-refractivity contribution is 7.08. The minimum absolute atomic E-state index is 0.148. The fourth-order valence-electron chi connectivity index (χ4n) is 2.30. The molecule has 4 aromatic rings. The molecule has 0 radical (unpaired) electrons. The maximum Gasteiger partial charge on any atom is 0.302 e. The van der Waals surface area contributed by atoms with Crippen molar-refractivity contribution in [1.82, 2.24) is 19.6 Å². The van der Waals surface area contributed by atoms with Gasteiger partial charge in [0, 0.05) is 12.4 Å². The summed E-state index contributed by atoms with van der Waals surface area (Å²) in [6.45, 7) is 1.73. The molecule has 7 nitrogen and oxygen atoms in total. The molecule has 3 heterocycles. The van der Waals surface area contributed by atoms with E-state index in [-0.39, 0.29) is 11.9 Å². The maximum absolute atomic E-state index is 12.2. The van der Waals surface area contributed by atoms with Crippen molar-refractivity contribution >= 4 is 34.6 Å². The lowest BCUT2D eigenvalue weighted by atomic mass is 10.1. The van der Waals surface area contributed by atoms with Crippen molar-refractivity contribution in [2.75, 3.05) is 5.32 Å². The second-order valence-corrected chi connectivity index (χ2v) is 5.83. The van der Waals surface area contributed by atoms with Gasteiger partial charge in [0.25, 0.3) is 5.91 Å². The summed E-state index contributed by atoms with van der Waals surface area (Å²) < 4.78 is 9.32. The van der Waals surface area contributed by atoms with Gasteiger partial charge in [0.2, 0.25) is 0 Å². The number of nitrogens with one attached hydrogen (secondary N) is 1. The standard InChI is InChI=1S/C16H11N5O2S/c1-9-14(24-21-20-9)15(22)19-16-18-12-8-11(2-3-13(12)23-16)10-4-6-17-7-5-10/h2-8H,1H3,(H,18,19,22). The molecule has 0 atom stereocenters. The smallest absolute Gasteiger partial charge is 0.302 e. The van der Waals surface area contributed by atoms with E-state index in [1.54, 1.807) is 19.3 Å². The Hall–Kier alpha value is -3.13. The summed E-state index contributed by atoms with van der Waals surface area (Å²) in [4.78, 5) is 21.0. The van der Waals surface area contributed by atoms with Gasteiger partial charge in [-0.1, -0.05) is 10.6 Å². The predicted molar refractivity (Wildman–Crippen MR) is 89.8 cm³/mol. The number of fused-ring (bicyclic) bond motifs is 1. The molecule has 8 heteroatoms. The molecule has 24 heavy (non-hydrogen) atoms. The fraction of sp³-hybridized carbons (Fsp3) is 0.0625. The third-order valence-electron chi connectivity index (χ3n) is 3.48. The van der Waals surface area contributed by atoms with Gasteiger partial charge in [0.15, 0.2) is 5.58 Å². The zero-order valence-corrected chi connectivity index (χ0v) is 13.4. The van der Waals surface area contributed by atoms with E-state index >= 15 is 0 Å². The number of aryl methyl sites for hydroxylation is 1. The van der Waals surface area contributed by atoms with Crippen LogP contribution in [0, 0.1) is 6.92 Å². The highest BCUT2D eigenvalue weighted by Crippen LogP contribution is 2.26. The van der Waals surface area contributed by atoms with Gasteiger partial charge in [-0.2, -0.15) is 4.98 Å². The summed E-state index contributed by atoms with van der Waals surface area (Å²) in [5, 5.41) is 6.46. The second kappa shape index (κ2) is 5.82. The number of nitrogens with zero attached hydrogens (tertiary/aromatic N) is 4. The van der Waals surface area contributed by atoms with Crippen LogP contribution >= 0.6 is 11.5 Å². The van der Waals surface area contributed by atoms with Crippen LogP contribution < -0.4 is 5.32 Å². The molecule has 3 aromatic heterocycles. The van der Waals surface area contributed by atoms with Crippen LogP contribution in [0.1, 0.15) is 15.4 Å². The van der Waals surface area contributed by atoms with E-state index < -0.39 is 0 Å². The molecule has 0 spiro atoms. The van der Waals surface area contributed by atoms with Crippen LogP contribution in [0.25, 0.3) is 22.2 Å². The topological polar surface area (TPSA) is 93.8 Å². The third kappa shape index (κ3) is 2.63. The predicted octanol–water partition coefficient (Wildman–Crippen LogP) is 3.30. The Labute approximate surface area is 140 Å². The Morgan fingerprint density at radius 2 is 2.00 bits per heavy atom. The van der Waals surface area contributed by atoms with Crippen LogP contribution in [0.5, 0.6) is 0 Å². The zero-order chi connectivity index (χ0) is 16.5. The van der Waals surface area contributed by atoms with Crippen LogP contribution in [0.2, 0.25) is 0 Å². The molecule has 1 amide bonds. The number of pyridine rings is 1. The minimum Gasteiger partial charge on any atom is -0.423 e. The van der Waals surface area contributed by atoms with Gasteiger partial charge in [0.1, 0.15) is 10.4 Å².